The van der Waals surface area contributed by atoms with Gasteiger partial charge in [0, 0.05) is 12.6 Å². The largest absolute Gasteiger partial charge is 0.481 e. The predicted octanol–water partition coefficient (Wildman–Crippen LogP) is 4.82. The Kier molecular flexibility index (Phi) is 6.34. The SMILES string of the molecule is CC1Oc2ccc(CC(C)N(Cc3ccccc3)C(=O)OC(C)(C)C)cc2N=C1N. The van der Waals surface area contributed by atoms with Crippen molar-refractivity contribution >= 4 is 17.6 Å². The maximum absolute atomic E-state index is 13.0. The number of nitrogens with two attached hydrogens (primary N) is 1. The Hall–Kier alpha value is -3.02. The van der Waals surface area contributed by atoms with E-state index in [4.69, 9.17) is 15.2 Å². The molecule has 6 nitrogen and oxygen atoms in total. The number of rotatable bonds is 5. The fourth-order valence-corrected chi connectivity index (χ4v) is 3.31. The molecule has 2 aromatic rings. The first-order valence-corrected chi connectivity index (χ1v) is 10.3. The molecule has 2 aromatic carbocycles. The first-order valence-electron chi connectivity index (χ1n) is 10.3. The molecule has 1 heterocycles. The van der Waals surface area contributed by atoms with Crippen molar-refractivity contribution < 1.29 is 14.3 Å². The van der Waals surface area contributed by atoms with Gasteiger partial charge in [0.1, 0.15) is 22.9 Å². The van der Waals surface area contributed by atoms with Crippen LogP contribution >= 0.6 is 0 Å². The zero-order chi connectivity index (χ0) is 21.9. The minimum Gasteiger partial charge on any atom is -0.481 e. The van der Waals surface area contributed by atoms with Gasteiger partial charge in [-0.1, -0.05) is 36.4 Å². The third kappa shape index (κ3) is 5.53. The summed E-state index contributed by atoms with van der Waals surface area (Å²) in [7, 11) is 0. The summed E-state index contributed by atoms with van der Waals surface area (Å²) in [6.45, 7) is 10.0. The molecule has 2 unspecified atom stereocenters. The Bertz CT molecular complexity index is 919. The molecule has 30 heavy (non-hydrogen) atoms. The van der Waals surface area contributed by atoms with Crippen molar-refractivity contribution in [1.82, 2.24) is 4.90 Å². The molecule has 1 aliphatic heterocycles. The molecule has 160 valence electrons. The Labute approximate surface area is 178 Å². The van der Waals surface area contributed by atoms with Crippen molar-refractivity contribution in [3.63, 3.8) is 0 Å². The van der Waals surface area contributed by atoms with Gasteiger partial charge in [0.2, 0.25) is 0 Å². The lowest BCUT2D eigenvalue weighted by molar-refractivity contribution is 0.0156. The number of amides is 1. The van der Waals surface area contributed by atoms with E-state index in [1.54, 1.807) is 4.90 Å². The van der Waals surface area contributed by atoms with Gasteiger partial charge in [0.15, 0.2) is 6.10 Å². The van der Waals surface area contributed by atoms with E-state index in [2.05, 4.69) is 4.99 Å². The van der Waals surface area contributed by atoms with Gasteiger partial charge in [-0.25, -0.2) is 9.79 Å². The van der Waals surface area contributed by atoms with Gasteiger partial charge in [-0.05, 0) is 64.3 Å². The lowest BCUT2D eigenvalue weighted by Crippen LogP contribution is -2.42. The van der Waals surface area contributed by atoms with Crippen molar-refractivity contribution in [2.24, 2.45) is 10.7 Å². The molecular formula is C24H31N3O3. The molecule has 0 bridgehead atoms. The Morgan fingerprint density at radius 2 is 1.90 bits per heavy atom. The first kappa shape index (κ1) is 21.7. The molecule has 0 spiro atoms. The first-order chi connectivity index (χ1) is 14.1. The summed E-state index contributed by atoms with van der Waals surface area (Å²) in [6.07, 6.45) is 0.108. The molecule has 3 rings (SSSR count). The molecule has 1 amide bonds. The van der Waals surface area contributed by atoms with Gasteiger partial charge in [0.05, 0.1) is 0 Å². The van der Waals surface area contributed by atoms with Crippen LogP contribution < -0.4 is 10.5 Å². The quantitative estimate of drug-likeness (QED) is 0.768. The highest BCUT2D eigenvalue weighted by atomic mass is 16.6. The normalized spacial score (nSPS) is 16.7. The number of hydrogen-bond acceptors (Lipinski definition) is 5. The molecule has 0 saturated heterocycles. The summed E-state index contributed by atoms with van der Waals surface area (Å²) in [4.78, 5) is 19.2. The smallest absolute Gasteiger partial charge is 0.410 e. The molecule has 0 radical (unpaired) electrons. The molecule has 2 N–H and O–H groups in total. The van der Waals surface area contributed by atoms with Crippen molar-refractivity contribution in [2.45, 2.75) is 65.3 Å². The van der Waals surface area contributed by atoms with Crippen LogP contribution in [0.4, 0.5) is 10.5 Å². The highest BCUT2D eigenvalue weighted by molar-refractivity contribution is 5.89. The molecule has 6 heteroatoms. The van der Waals surface area contributed by atoms with Gasteiger partial charge in [-0.3, -0.25) is 0 Å². The average Bonchev–Trinajstić information content (AvgIpc) is 2.66. The summed E-state index contributed by atoms with van der Waals surface area (Å²) in [6, 6.07) is 15.8. The third-order valence-corrected chi connectivity index (χ3v) is 4.88. The summed E-state index contributed by atoms with van der Waals surface area (Å²) in [5.74, 6) is 1.19. The average molecular weight is 410 g/mol. The van der Waals surface area contributed by atoms with Gasteiger partial charge in [0.25, 0.3) is 0 Å². The topological polar surface area (TPSA) is 77.1 Å². The van der Waals surface area contributed by atoms with E-state index >= 15 is 0 Å². The zero-order valence-corrected chi connectivity index (χ0v) is 18.4. The van der Waals surface area contributed by atoms with Crippen LogP contribution in [-0.4, -0.2) is 34.6 Å². The maximum Gasteiger partial charge on any atom is 0.410 e. The van der Waals surface area contributed by atoms with E-state index in [0.717, 1.165) is 22.6 Å². The number of carbonyl (C=O) groups is 1. The van der Waals surface area contributed by atoms with Crippen LogP contribution in [0.1, 0.15) is 45.7 Å². The van der Waals surface area contributed by atoms with Crippen molar-refractivity contribution in [2.75, 3.05) is 0 Å². The van der Waals surface area contributed by atoms with Gasteiger partial charge < -0.3 is 20.1 Å². The van der Waals surface area contributed by atoms with Crippen molar-refractivity contribution in [3.05, 3.63) is 59.7 Å². The number of nitrogens with zero attached hydrogens (tertiary/aromatic N) is 2. The Morgan fingerprint density at radius 3 is 2.57 bits per heavy atom. The highest BCUT2D eigenvalue weighted by Crippen LogP contribution is 2.33. The molecule has 0 fully saturated rings. The Balaban J connectivity index is 1.80. The second-order valence-electron chi connectivity index (χ2n) is 8.75. The van der Waals surface area contributed by atoms with Gasteiger partial charge in [-0.2, -0.15) is 0 Å². The number of benzene rings is 2. The van der Waals surface area contributed by atoms with Crippen LogP contribution in [0.2, 0.25) is 0 Å². The van der Waals surface area contributed by atoms with E-state index in [0.29, 0.717) is 18.8 Å². The monoisotopic (exact) mass is 409 g/mol. The van der Waals surface area contributed by atoms with Crippen LogP contribution in [0, 0.1) is 0 Å². The molecule has 1 aliphatic rings. The second kappa shape index (κ2) is 8.78. The minimum absolute atomic E-state index is 0.0807. The van der Waals surface area contributed by atoms with E-state index in [1.807, 2.05) is 83.1 Å². The lowest BCUT2D eigenvalue weighted by Gasteiger charge is -2.32. The van der Waals surface area contributed by atoms with Crippen molar-refractivity contribution in [1.29, 1.82) is 0 Å². The fourth-order valence-electron chi connectivity index (χ4n) is 3.31. The number of aliphatic imine (C=N–C) groups is 1. The summed E-state index contributed by atoms with van der Waals surface area (Å²) < 4.78 is 11.5. The van der Waals surface area contributed by atoms with Gasteiger partial charge in [-0.15, -0.1) is 0 Å². The molecule has 0 saturated carbocycles. The third-order valence-electron chi connectivity index (χ3n) is 4.88. The molecule has 2 atom stereocenters. The fraction of sp³-hybridized carbons (Fsp3) is 0.417. The second-order valence-corrected chi connectivity index (χ2v) is 8.75. The van der Waals surface area contributed by atoms with Crippen LogP contribution in [0.25, 0.3) is 0 Å². The summed E-state index contributed by atoms with van der Waals surface area (Å²) in [5.41, 5.74) is 8.21. The van der Waals surface area contributed by atoms with E-state index < -0.39 is 5.60 Å². The number of carbonyl (C=O) groups excluding carboxylic acids is 1. The van der Waals surface area contributed by atoms with Crippen LogP contribution in [0.15, 0.2) is 53.5 Å². The van der Waals surface area contributed by atoms with Crippen LogP contribution in [0.3, 0.4) is 0 Å². The van der Waals surface area contributed by atoms with Gasteiger partial charge >= 0.3 is 6.09 Å². The summed E-state index contributed by atoms with van der Waals surface area (Å²) >= 11 is 0. The predicted molar refractivity (Wildman–Crippen MR) is 119 cm³/mol. The van der Waals surface area contributed by atoms with E-state index in [-0.39, 0.29) is 18.2 Å². The lowest BCUT2D eigenvalue weighted by atomic mass is 10.0. The minimum atomic E-state index is -0.558. The maximum atomic E-state index is 13.0. The Morgan fingerprint density at radius 1 is 1.20 bits per heavy atom. The summed E-state index contributed by atoms with van der Waals surface area (Å²) in [5, 5.41) is 0. The highest BCUT2D eigenvalue weighted by Gasteiger charge is 2.27. The van der Waals surface area contributed by atoms with E-state index in [9.17, 15) is 4.79 Å². The number of fused-ring (bicyclic) bond motifs is 1. The van der Waals surface area contributed by atoms with Crippen molar-refractivity contribution in [3.8, 4) is 5.75 Å². The number of amidine groups is 1. The molecule has 0 aliphatic carbocycles. The van der Waals surface area contributed by atoms with E-state index in [1.165, 1.54) is 0 Å². The number of hydrogen-bond donors (Lipinski definition) is 1. The van der Waals surface area contributed by atoms with Crippen LogP contribution in [0.5, 0.6) is 5.75 Å². The van der Waals surface area contributed by atoms with Crippen LogP contribution in [-0.2, 0) is 17.7 Å². The molecular weight excluding hydrogens is 378 g/mol. The standard InChI is InChI=1S/C24H31N3O3/c1-16(13-19-11-12-21-20(14-19)26-22(25)17(2)29-21)27(23(28)30-24(3,4)5)15-18-9-7-6-8-10-18/h6-12,14,16-17H,13,15H2,1-5H3,(H2,25,26). The molecule has 0 aromatic heterocycles. The number of ether oxygens (including phenoxy) is 2. The zero-order valence-electron chi connectivity index (χ0n) is 18.4.